The standard InChI is InChI=1S/C15H14N2O4/c1-8(18)9-3-4-12-14(15(9)20)10(7-13(19)21-12)11-5-6-16-17(11)2/h3-6,10,20H,7H2,1-2H3/t10-/m0/s1. The van der Waals surface area contributed by atoms with E-state index in [2.05, 4.69) is 5.10 Å². The summed E-state index contributed by atoms with van der Waals surface area (Å²) >= 11 is 0. The van der Waals surface area contributed by atoms with Crippen LogP contribution in [0.1, 0.15) is 40.9 Å². The van der Waals surface area contributed by atoms with Crippen molar-refractivity contribution in [3.63, 3.8) is 0 Å². The SMILES string of the molecule is CC(=O)c1ccc2c(c1O)[C@H](c1ccnn1C)CC(=O)O2. The minimum Gasteiger partial charge on any atom is -0.507 e. The van der Waals surface area contributed by atoms with Crippen molar-refractivity contribution in [3.8, 4) is 11.5 Å². The van der Waals surface area contributed by atoms with Gasteiger partial charge in [0.1, 0.15) is 11.5 Å². The molecule has 0 saturated carbocycles. The van der Waals surface area contributed by atoms with Gasteiger partial charge in [-0.05, 0) is 25.1 Å². The fourth-order valence-corrected chi connectivity index (χ4v) is 2.71. The number of rotatable bonds is 2. The summed E-state index contributed by atoms with van der Waals surface area (Å²) in [6.07, 6.45) is 1.72. The Morgan fingerprint density at radius 2 is 2.19 bits per heavy atom. The van der Waals surface area contributed by atoms with Crippen LogP contribution in [-0.4, -0.2) is 26.6 Å². The van der Waals surface area contributed by atoms with E-state index in [-0.39, 0.29) is 35.4 Å². The average Bonchev–Trinajstić information content (AvgIpc) is 2.83. The van der Waals surface area contributed by atoms with Crippen LogP contribution in [0.4, 0.5) is 0 Å². The second kappa shape index (κ2) is 4.73. The van der Waals surface area contributed by atoms with Crippen molar-refractivity contribution in [2.45, 2.75) is 19.3 Å². The third-order valence-corrected chi connectivity index (χ3v) is 3.72. The van der Waals surface area contributed by atoms with Crippen molar-refractivity contribution in [3.05, 3.63) is 41.2 Å². The van der Waals surface area contributed by atoms with Crippen LogP contribution in [0.25, 0.3) is 0 Å². The molecule has 0 saturated heterocycles. The summed E-state index contributed by atoms with van der Waals surface area (Å²) in [5.74, 6) is -0.827. The van der Waals surface area contributed by atoms with Crippen LogP contribution in [0.2, 0.25) is 0 Å². The Kier molecular flexibility index (Phi) is 3.01. The molecule has 0 radical (unpaired) electrons. The first kappa shape index (κ1) is 13.4. The molecule has 1 N–H and O–H groups in total. The third kappa shape index (κ3) is 2.08. The van der Waals surface area contributed by atoms with E-state index in [1.807, 2.05) is 0 Å². The highest BCUT2D eigenvalue weighted by atomic mass is 16.5. The summed E-state index contributed by atoms with van der Waals surface area (Å²) in [6.45, 7) is 1.38. The minimum absolute atomic E-state index is 0.0987. The van der Waals surface area contributed by atoms with Crippen LogP contribution in [0, 0.1) is 0 Å². The number of aromatic hydroxyl groups is 1. The normalized spacial score (nSPS) is 17.2. The lowest BCUT2D eigenvalue weighted by Gasteiger charge is -2.26. The molecule has 3 rings (SSSR count). The van der Waals surface area contributed by atoms with E-state index in [1.165, 1.54) is 13.0 Å². The van der Waals surface area contributed by atoms with Crippen molar-refractivity contribution >= 4 is 11.8 Å². The second-order valence-corrected chi connectivity index (χ2v) is 5.04. The van der Waals surface area contributed by atoms with E-state index < -0.39 is 0 Å². The largest absolute Gasteiger partial charge is 0.507 e. The van der Waals surface area contributed by atoms with Gasteiger partial charge in [-0.25, -0.2) is 0 Å². The summed E-state index contributed by atoms with van der Waals surface area (Å²) in [7, 11) is 1.76. The molecular weight excluding hydrogens is 272 g/mol. The molecule has 108 valence electrons. The lowest BCUT2D eigenvalue weighted by Crippen LogP contribution is -2.23. The number of carbonyl (C=O) groups excluding carboxylic acids is 2. The molecule has 1 aromatic heterocycles. The Bertz CT molecular complexity index is 748. The van der Waals surface area contributed by atoms with E-state index in [4.69, 9.17) is 4.74 Å². The van der Waals surface area contributed by atoms with Crippen molar-refractivity contribution in [1.29, 1.82) is 0 Å². The van der Waals surface area contributed by atoms with Gasteiger partial charge in [0.15, 0.2) is 5.78 Å². The summed E-state index contributed by atoms with van der Waals surface area (Å²) in [5.41, 5.74) is 1.47. The molecule has 6 nitrogen and oxygen atoms in total. The first-order chi connectivity index (χ1) is 9.99. The first-order valence-corrected chi connectivity index (χ1v) is 6.54. The van der Waals surface area contributed by atoms with E-state index in [9.17, 15) is 14.7 Å². The van der Waals surface area contributed by atoms with Crippen LogP contribution in [0.5, 0.6) is 11.5 Å². The smallest absolute Gasteiger partial charge is 0.312 e. The number of phenolic OH excluding ortho intramolecular Hbond substituents is 1. The van der Waals surface area contributed by atoms with Crippen molar-refractivity contribution < 1.29 is 19.4 Å². The number of aromatic nitrogens is 2. The first-order valence-electron chi connectivity index (χ1n) is 6.54. The Hall–Kier alpha value is -2.63. The van der Waals surface area contributed by atoms with Gasteiger partial charge < -0.3 is 9.84 Å². The van der Waals surface area contributed by atoms with Gasteiger partial charge in [0.25, 0.3) is 0 Å². The Labute approximate surface area is 121 Å². The third-order valence-electron chi connectivity index (χ3n) is 3.72. The molecule has 0 spiro atoms. The van der Waals surface area contributed by atoms with Crippen LogP contribution in [-0.2, 0) is 11.8 Å². The van der Waals surface area contributed by atoms with E-state index in [0.717, 1.165) is 5.69 Å². The molecule has 0 amide bonds. The number of phenols is 1. The zero-order valence-corrected chi connectivity index (χ0v) is 11.7. The summed E-state index contributed by atoms with van der Waals surface area (Å²) in [5, 5.41) is 14.5. The van der Waals surface area contributed by atoms with Gasteiger partial charge >= 0.3 is 5.97 Å². The van der Waals surface area contributed by atoms with Gasteiger partial charge in [0.05, 0.1) is 12.0 Å². The molecule has 6 heteroatoms. The molecule has 0 bridgehead atoms. The highest BCUT2D eigenvalue weighted by Crippen LogP contribution is 2.44. The Morgan fingerprint density at radius 1 is 1.43 bits per heavy atom. The zero-order valence-electron chi connectivity index (χ0n) is 11.7. The summed E-state index contributed by atoms with van der Waals surface area (Å²) in [4.78, 5) is 23.4. The fourth-order valence-electron chi connectivity index (χ4n) is 2.71. The number of nitrogens with zero attached hydrogens (tertiary/aromatic N) is 2. The maximum atomic E-state index is 11.8. The minimum atomic E-state index is -0.381. The van der Waals surface area contributed by atoms with Gasteiger partial charge in [0, 0.05) is 30.4 Å². The summed E-state index contributed by atoms with van der Waals surface area (Å²) < 4.78 is 6.82. The Morgan fingerprint density at radius 3 is 2.81 bits per heavy atom. The molecule has 0 aliphatic carbocycles. The maximum absolute atomic E-state index is 11.8. The van der Waals surface area contributed by atoms with E-state index >= 15 is 0 Å². The highest BCUT2D eigenvalue weighted by molar-refractivity contribution is 5.98. The van der Waals surface area contributed by atoms with Gasteiger partial charge in [-0.2, -0.15) is 5.10 Å². The number of hydrogen-bond acceptors (Lipinski definition) is 5. The van der Waals surface area contributed by atoms with Crippen LogP contribution in [0.3, 0.4) is 0 Å². The zero-order chi connectivity index (χ0) is 15.1. The van der Waals surface area contributed by atoms with Crippen LogP contribution < -0.4 is 4.74 Å². The lowest BCUT2D eigenvalue weighted by molar-refractivity contribution is -0.135. The molecular formula is C15H14N2O4. The summed E-state index contributed by atoms with van der Waals surface area (Å²) in [6, 6.07) is 4.80. The molecule has 0 fully saturated rings. The Balaban J connectivity index is 2.23. The molecule has 2 aromatic rings. The van der Waals surface area contributed by atoms with Gasteiger partial charge in [-0.3, -0.25) is 14.3 Å². The highest BCUT2D eigenvalue weighted by Gasteiger charge is 2.34. The van der Waals surface area contributed by atoms with E-state index in [1.54, 1.807) is 30.1 Å². The number of aryl methyl sites for hydroxylation is 1. The number of ether oxygens (including phenoxy) is 1. The number of fused-ring (bicyclic) bond motifs is 1. The predicted octanol–water partition coefficient (Wildman–Crippen LogP) is 1.77. The monoisotopic (exact) mass is 286 g/mol. The number of ketones is 1. The topological polar surface area (TPSA) is 81.4 Å². The number of Topliss-reactive ketones (excluding diaryl/α,β-unsaturated/α-hetero) is 1. The number of hydrogen-bond donors (Lipinski definition) is 1. The lowest BCUT2D eigenvalue weighted by atomic mass is 9.87. The molecule has 1 aliphatic heterocycles. The quantitative estimate of drug-likeness (QED) is 0.517. The van der Waals surface area contributed by atoms with Crippen molar-refractivity contribution in [1.82, 2.24) is 9.78 Å². The molecule has 1 aromatic carbocycles. The average molecular weight is 286 g/mol. The predicted molar refractivity (Wildman–Crippen MR) is 73.4 cm³/mol. The van der Waals surface area contributed by atoms with Gasteiger partial charge in [0.2, 0.25) is 0 Å². The molecule has 1 atom stereocenters. The molecule has 1 aliphatic rings. The van der Waals surface area contributed by atoms with Crippen LogP contribution in [0.15, 0.2) is 24.4 Å². The van der Waals surface area contributed by atoms with Crippen molar-refractivity contribution in [2.24, 2.45) is 7.05 Å². The van der Waals surface area contributed by atoms with E-state index in [0.29, 0.717) is 11.3 Å². The number of esters is 1. The van der Waals surface area contributed by atoms with Crippen LogP contribution >= 0.6 is 0 Å². The molecule has 2 heterocycles. The maximum Gasteiger partial charge on any atom is 0.312 e. The van der Waals surface area contributed by atoms with Gasteiger partial charge in [-0.1, -0.05) is 0 Å². The number of benzene rings is 1. The number of carbonyl (C=O) groups is 2. The molecule has 21 heavy (non-hydrogen) atoms. The molecule has 0 unspecified atom stereocenters. The van der Waals surface area contributed by atoms with Gasteiger partial charge in [-0.15, -0.1) is 0 Å². The second-order valence-electron chi connectivity index (χ2n) is 5.04. The van der Waals surface area contributed by atoms with Crippen molar-refractivity contribution in [2.75, 3.05) is 0 Å². The fraction of sp³-hybridized carbons (Fsp3) is 0.267.